The lowest BCUT2D eigenvalue weighted by Crippen LogP contribution is -2.25. The number of carbonyl (C=O) groups is 1. The zero-order chi connectivity index (χ0) is 14.3. The number of aromatic carboxylic acids is 1. The zero-order valence-electron chi connectivity index (χ0n) is 11.3. The fourth-order valence-electron chi connectivity index (χ4n) is 1.76. The van der Waals surface area contributed by atoms with Gasteiger partial charge in [0.05, 0.1) is 10.6 Å². The Balaban J connectivity index is 2.46. The van der Waals surface area contributed by atoms with Gasteiger partial charge in [0.25, 0.3) is 0 Å². The number of carboxylic acid groups (broad SMARTS) is 1. The number of hydrogen-bond acceptors (Lipinski definition) is 4. The summed E-state index contributed by atoms with van der Waals surface area (Å²) in [7, 11) is 0. The highest BCUT2D eigenvalue weighted by molar-refractivity contribution is 6.33. The summed E-state index contributed by atoms with van der Waals surface area (Å²) in [6.07, 6.45) is 2.34. The third kappa shape index (κ3) is 5.04. The van der Waals surface area contributed by atoms with E-state index in [4.69, 9.17) is 16.7 Å². The van der Waals surface area contributed by atoms with Crippen LogP contribution >= 0.6 is 11.6 Å². The van der Waals surface area contributed by atoms with Crippen molar-refractivity contribution in [3.63, 3.8) is 0 Å². The van der Waals surface area contributed by atoms with Crippen molar-refractivity contribution in [2.45, 2.75) is 20.3 Å². The number of halogens is 1. The van der Waals surface area contributed by atoms with Crippen LogP contribution in [0.1, 0.15) is 30.6 Å². The molecule has 0 aromatic carbocycles. The molecule has 0 amide bonds. The molecule has 0 fully saturated rings. The van der Waals surface area contributed by atoms with Crippen LogP contribution in [0.15, 0.2) is 12.3 Å². The van der Waals surface area contributed by atoms with E-state index in [2.05, 4.69) is 29.0 Å². The quantitative estimate of drug-likeness (QED) is 0.719. The first-order valence-electron chi connectivity index (χ1n) is 6.43. The average Bonchev–Trinajstić information content (AvgIpc) is 2.40. The molecule has 0 saturated carbocycles. The van der Waals surface area contributed by atoms with E-state index in [0.29, 0.717) is 5.82 Å². The number of hydrogen-bond donors (Lipinski definition) is 2. The molecular formula is C13H20ClN3O2. The summed E-state index contributed by atoms with van der Waals surface area (Å²) in [4.78, 5) is 17.3. The molecule has 2 N–H and O–H groups in total. The normalized spacial score (nSPS) is 10.7. The summed E-state index contributed by atoms with van der Waals surface area (Å²) in [5.41, 5.74) is 0.0721. The van der Waals surface area contributed by atoms with E-state index in [1.807, 2.05) is 0 Å². The van der Waals surface area contributed by atoms with Crippen molar-refractivity contribution in [3.8, 4) is 0 Å². The molecule has 1 aromatic heterocycles. The van der Waals surface area contributed by atoms with Crippen molar-refractivity contribution in [2.75, 3.05) is 31.5 Å². The lowest BCUT2D eigenvalue weighted by molar-refractivity contribution is 0.0697. The molecule has 0 atom stereocenters. The third-order valence-corrected chi connectivity index (χ3v) is 3.24. The van der Waals surface area contributed by atoms with Gasteiger partial charge in [0, 0.05) is 12.7 Å². The van der Waals surface area contributed by atoms with Crippen molar-refractivity contribution in [1.82, 2.24) is 9.88 Å². The van der Waals surface area contributed by atoms with Crippen LogP contribution in [0.3, 0.4) is 0 Å². The van der Waals surface area contributed by atoms with E-state index >= 15 is 0 Å². The molecule has 0 saturated heterocycles. The predicted molar refractivity (Wildman–Crippen MR) is 77.1 cm³/mol. The number of carboxylic acids is 1. The topological polar surface area (TPSA) is 65.5 Å². The van der Waals surface area contributed by atoms with Gasteiger partial charge in [-0.2, -0.15) is 0 Å². The molecule has 1 heterocycles. The number of pyridine rings is 1. The smallest absolute Gasteiger partial charge is 0.337 e. The monoisotopic (exact) mass is 285 g/mol. The Kier molecular flexibility index (Phi) is 6.59. The van der Waals surface area contributed by atoms with Crippen LogP contribution in [-0.4, -0.2) is 47.1 Å². The molecule has 19 heavy (non-hydrogen) atoms. The van der Waals surface area contributed by atoms with Gasteiger partial charge in [-0.1, -0.05) is 25.4 Å². The zero-order valence-corrected chi connectivity index (χ0v) is 12.1. The second-order valence-corrected chi connectivity index (χ2v) is 4.57. The van der Waals surface area contributed by atoms with Gasteiger partial charge in [-0.3, -0.25) is 0 Å². The van der Waals surface area contributed by atoms with E-state index < -0.39 is 5.97 Å². The Hall–Kier alpha value is -1.33. The lowest BCUT2D eigenvalue weighted by Gasteiger charge is -2.17. The van der Waals surface area contributed by atoms with Crippen LogP contribution in [0.4, 0.5) is 5.82 Å². The fourth-order valence-corrected chi connectivity index (χ4v) is 1.94. The van der Waals surface area contributed by atoms with E-state index in [-0.39, 0.29) is 10.6 Å². The Morgan fingerprint density at radius 2 is 2.16 bits per heavy atom. The van der Waals surface area contributed by atoms with Gasteiger partial charge in [0.2, 0.25) is 0 Å². The number of aromatic nitrogens is 1. The Bertz CT molecular complexity index is 422. The summed E-state index contributed by atoms with van der Waals surface area (Å²) in [6, 6.07) is 1.46. The molecule has 0 aliphatic carbocycles. The van der Waals surface area contributed by atoms with Gasteiger partial charge in [-0.25, -0.2) is 9.78 Å². The molecule has 0 unspecified atom stereocenters. The Morgan fingerprint density at radius 1 is 1.47 bits per heavy atom. The van der Waals surface area contributed by atoms with Crippen LogP contribution < -0.4 is 5.32 Å². The summed E-state index contributed by atoms with van der Waals surface area (Å²) >= 11 is 5.75. The first-order chi connectivity index (χ1) is 9.08. The minimum Gasteiger partial charge on any atom is -0.478 e. The van der Waals surface area contributed by atoms with Gasteiger partial charge in [-0.15, -0.1) is 0 Å². The maximum absolute atomic E-state index is 10.9. The Morgan fingerprint density at radius 3 is 2.74 bits per heavy atom. The van der Waals surface area contributed by atoms with Gasteiger partial charge >= 0.3 is 5.97 Å². The second kappa shape index (κ2) is 7.96. The predicted octanol–water partition coefficient (Wildman–Crippen LogP) is 2.58. The first kappa shape index (κ1) is 15.7. The van der Waals surface area contributed by atoms with E-state index in [1.165, 1.54) is 12.3 Å². The number of nitrogens with one attached hydrogen (secondary N) is 1. The van der Waals surface area contributed by atoms with E-state index in [9.17, 15) is 4.79 Å². The number of anilines is 1. The van der Waals surface area contributed by atoms with E-state index in [1.54, 1.807) is 0 Å². The molecular weight excluding hydrogens is 266 g/mol. The average molecular weight is 286 g/mol. The van der Waals surface area contributed by atoms with Crippen LogP contribution in [0.2, 0.25) is 5.02 Å². The molecule has 5 nitrogen and oxygen atoms in total. The highest BCUT2D eigenvalue weighted by atomic mass is 35.5. The molecule has 0 aliphatic rings. The molecule has 0 aliphatic heterocycles. The largest absolute Gasteiger partial charge is 0.478 e. The maximum Gasteiger partial charge on any atom is 0.337 e. The third-order valence-electron chi connectivity index (χ3n) is 2.94. The van der Waals surface area contributed by atoms with Gasteiger partial charge in [0.1, 0.15) is 5.82 Å². The first-order valence-corrected chi connectivity index (χ1v) is 6.81. The molecule has 106 valence electrons. The van der Waals surface area contributed by atoms with Crippen molar-refractivity contribution in [2.24, 2.45) is 0 Å². The van der Waals surface area contributed by atoms with Crippen LogP contribution in [-0.2, 0) is 0 Å². The number of rotatable bonds is 8. The minimum atomic E-state index is -1.04. The van der Waals surface area contributed by atoms with Crippen molar-refractivity contribution in [3.05, 3.63) is 22.8 Å². The van der Waals surface area contributed by atoms with Crippen LogP contribution in [0.5, 0.6) is 0 Å². The highest BCUT2D eigenvalue weighted by Gasteiger charge is 2.10. The maximum atomic E-state index is 10.9. The molecule has 0 radical (unpaired) electrons. The van der Waals surface area contributed by atoms with Crippen molar-refractivity contribution in [1.29, 1.82) is 0 Å². The van der Waals surface area contributed by atoms with Gasteiger partial charge in [0.15, 0.2) is 0 Å². The van der Waals surface area contributed by atoms with Gasteiger partial charge < -0.3 is 15.3 Å². The molecule has 1 aromatic rings. The fraction of sp³-hybridized carbons (Fsp3) is 0.538. The lowest BCUT2D eigenvalue weighted by atomic mass is 10.2. The summed E-state index contributed by atoms with van der Waals surface area (Å²) < 4.78 is 0. The molecule has 0 spiro atoms. The number of nitrogens with zero attached hydrogens (tertiary/aromatic N) is 2. The highest BCUT2D eigenvalue weighted by Crippen LogP contribution is 2.17. The molecule has 0 bridgehead atoms. The Labute approximate surface area is 118 Å². The van der Waals surface area contributed by atoms with Gasteiger partial charge in [-0.05, 0) is 32.1 Å². The van der Waals surface area contributed by atoms with Crippen molar-refractivity contribution >= 4 is 23.4 Å². The summed E-state index contributed by atoms with van der Waals surface area (Å²) in [5.74, 6) is -0.500. The SMILES string of the molecule is CCN(CC)CCCNc1cc(C(=O)O)c(Cl)cn1. The summed E-state index contributed by atoms with van der Waals surface area (Å²) in [6.45, 7) is 8.12. The van der Waals surface area contributed by atoms with E-state index in [0.717, 1.165) is 32.6 Å². The van der Waals surface area contributed by atoms with Crippen molar-refractivity contribution < 1.29 is 9.90 Å². The second-order valence-electron chi connectivity index (χ2n) is 4.16. The molecule has 6 heteroatoms. The molecule has 1 rings (SSSR count). The van der Waals surface area contributed by atoms with Crippen LogP contribution in [0.25, 0.3) is 0 Å². The minimum absolute atomic E-state index is 0.0721. The van der Waals surface area contributed by atoms with Crippen LogP contribution in [0, 0.1) is 0 Å². The standard InChI is InChI=1S/C13H20ClN3O2/c1-3-17(4-2)7-5-6-15-12-8-10(13(18)19)11(14)9-16-12/h8-9H,3-7H2,1-2H3,(H,15,16)(H,18,19). The summed E-state index contributed by atoms with van der Waals surface area (Å²) in [5, 5.41) is 12.2.